The van der Waals surface area contributed by atoms with Crippen LogP contribution in [-0.4, -0.2) is 36.2 Å². The predicted molar refractivity (Wildman–Crippen MR) is 159 cm³/mol. The molecule has 0 atom stereocenters. The number of benzene rings is 4. The summed E-state index contributed by atoms with van der Waals surface area (Å²) in [6, 6.07) is 26.7. The smallest absolute Gasteiger partial charge is 0.279 e. The number of ether oxygens (including phenoxy) is 2. The van der Waals surface area contributed by atoms with Gasteiger partial charge in [-0.3, -0.25) is 15.0 Å². The van der Waals surface area contributed by atoms with Gasteiger partial charge in [0.1, 0.15) is 0 Å². The van der Waals surface area contributed by atoms with Crippen LogP contribution in [0.15, 0.2) is 89.9 Å². The summed E-state index contributed by atoms with van der Waals surface area (Å²) in [7, 11) is 0. The number of carbonyl (C=O) groups is 2. The number of halogens is 2. The maximum atomic E-state index is 11.9. The number of carbonyl (C=O) groups excluding carboxylic acids is 2. The summed E-state index contributed by atoms with van der Waals surface area (Å²) in [5.41, 5.74) is 1.12. The van der Waals surface area contributed by atoms with Crippen LogP contribution in [0, 0.1) is 5.41 Å². The number of nitrogens with one attached hydrogen (secondary N) is 1. The Balaban J connectivity index is 0.000000317. The lowest BCUT2D eigenvalue weighted by Crippen LogP contribution is -2.04. The van der Waals surface area contributed by atoms with Gasteiger partial charge in [0.2, 0.25) is 0 Å². The van der Waals surface area contributed by atoms with E-state index in [0.29, 0.717) is 30.2 Å². The van der Waals surface area contributed by atoms with Crippen LogP contribution >= 0.6 is 24.0 Å². The molecule has 0 bridgehead atoms. The van der Waals surface area contributed by atoms with Crippen molar-refractivity contribution in [1.29, 1.82) is 5.41 Å². The predicted octanol–water partition coefficient (Wildman–Crippen LogP) is 8.10. The van der Waals surface area contributed by atoms with E-state index in [9.17, 15) is 9.59 Å². The molecule has 0 aliphatic carbocycles. The van der Waals surface area contributed by atoms with Crippen LogP contribution in [0.3, 0.4) is 0 Å². The summed E-state index contributed by atoms with van der Waals surface area (Å²) in [5.74, 6) is 0.417. The van der Waals surface area contributed by atoms with Crippen LogP contribution < -0.4 is 0 Å². The van der Waals surface area contributed by atoms with Crippen molar-refractivity contribution in [3.05, 3.63) is 96.1 Å². The molecule has 4 rings (SSSR count). The van der Waals surface area contributed by atoms with Crippen molar-refractivity contribution in [2.45, 2.75) is 27.7 Å². The maximum absolute atomic E-state index is 11.9. The highest BCUT2D eigenvalue weighted by molar-refractivity contribution is 6.67. The fourth-order valence-electron chi connectivity index (χ4n) is 3.30. The third kappa shape index (κ3) is 10.7. The minimum absolute atomic E-state index is 0. The summed E-state index contributed by atoms with van der Waals surface area (Å²) >= 11 is 5.36. The molecule has 6 nitrogen and oxygen atoms in total. The molecular weight excluding hydrogens is 523 g/mol. The normalized spacial score (nSPS) is 10.2. The standard InChI is InChI=1S/C15H15NO2.C11H7ClO.C4H9NO.ClH/c1-3-18-11(2)16-15(17)14-9-8-12-6-4-5-7-13(12)10-14;12-11(13)10-6-5-8-3-1-2-4-9(8)7-10;1-3-6-4(2)5;/h4-10H,3H2,1-2H3;1-7H;5H,3H2,1-2H3;1H. The van der Waals surface area contributed by atoms with Gasteiger partial charge >= 0.3 is 0 Å². The van der Waals surface area contributed by atoms with Gasteiger partial charge in [-0.1, -0.05) is 60.7 Å². The zero-order valence-electron chi connectivity index (χ0n) is 21.9. The summed E-state index contributed by atoms with van der Waals surface area (Å²) in [4.78, 5) is 26.7. The van der Waals surface area contributed by atoms with E-state index in [1.54, 1.807) is 32.0 Å². The lowest BCUT2D eigenvalue weighted by Gasteiger charge is -2.02. The third-order valence-electron chi connectivity index (χ3n) is 4.95. The molecule has 200 valence electrons. The monoisotopic (exact) mass is 554 g/mol. The number of nitrogens with zero attached hydrogens (tertiary/aromatic N) is 1. The number of hydrogen-bond acceptors (Lipinski definition) is 5. The maximum Gasteiger partial charge on any atom is 0.279 e. The van der Waals surface area contributed by atoms with Gasteiger partial charge in [-0.05, 0) is 71.3 Å². The van der Waals surface area contributed by atoms with Gasteiger partial charge in [0.05, 0.1) is 13.2 Å². The van der Waals surface area contributed by atoms with Gasteiger partial charge in [0.25, 0.3) is 11.1 Å². The minimum Gasteiger partial charge on any atom is -0.482 e. The first kappa shape index (κ1) is 32.3. The van der Waals surface area contributed by atoms with Gasteiger partial charge < -0.3 is 9.47 Å². The van der Waals surface area contributed by atoms with E-state index < -0.39 is 5.24 Å². The summed E-state index contributed by atoms with van der Waals surface area (Å²) in [6.45, 7) is 8.14. The molecule has 4 aromatic carbocycles. The molecular formula is C30H32Cl2N2O4. The molecule has 8 heteroatoms. The Hall–Kier alpha value is -3.74. The molecule has 0 radical (unpaired) electrons. The van der Waals surface area contributed by atoms with Gasteiger partial charge in [0.15, 0.2) is 11.8 Å². The van der Waals surface area contributed by atoms with Crippen LogP contribution in [-0.2, 0) is 9.47 Å². The molecule has 0 aliphatic rings. The molecule has 4 aromatic rings. The summed E-state index contributed by atoms with van der Waals surface area (Å²) in [5, 5.41) is 10.6. The molecule has 0 aliphatic heterocycles. The van der Waals surface area contributed by atoms with Crippen LogP contribution in [0.5, 0.6) is 0 Å². The minimum atomic E-state index is -0.411. The highest BCUT2D eigenvalue weighted by atomic mass is 35.5. The third-order valence-corrected chi connectivity index (χ3v) is 5.16. The topological polar surface area (TPSA) is 88.8 Å². The molecule has 0 spiro atoms. The molecule has 1 amide bonds. The Morgan fingerprint density at radius 3 is 1.61 bits per heavy atom. The number of hydrogen-bond donors (Lipinski definition) is 1. The molecule has 0 saturated carbocycles. The molecule has 0 unspecified atom stereocenters. The first-order chi connectivity index (χ1) is 17.7. The van der Waals surface area contributed by atoms with Crippen molar-refractivity contribution in [2.24, 2.45) is 4.99 Å². The second-order valence-corrected chi connectivity index (χ2v) is 8.10. The van der Waals surface area contributed by atoms with Gasteiger partial charge in [-0.25, -0.2) is 0 Å². The van der Waals surface area contributed by atoms with Gasteiger partial charge in [-0.2, -0.15) is 4.99 Å². The molecule has 0 saturated heterocycles. The molecule has 38 heavy (non-hydrogen) atoms. The quantitative estimate of drug-likeness (QED) is 0.157. The Bertz CT molecular complexity index is 1400. The van der Waals surface area contributed by atoms with Crippen molar-refractivity contribution in [3.8, 4) is 0 Å². The zero-order valence-corrected chi connectivity index (χ0v) is 23.4. The Morgan fingerprint density at radius 1 is 0.737 bits per heavy atom. The second kappa shape index (κ2) is 16.9. The van der Waals surface area contributed by atoms with Crippen molar-refractivity contribution < 1.29 is 19.1 Å². The Kier molecular flexibility index (Phi) is 14.4. The van der Waals surface area contributed by atoms with Crippen LogP contribution in [0.1, 0.15) is 48.4 Å². The van der Waals surface area contributed by atoms with Gasteiger partial charge in [0, 0.05) is 25.0 Å². The van der Waals surface area contributed by atoms with Crippen LogP contribution in [0.2, 0.25) is 0 Å². The van der Waals surface area contributed by atoms with E-state index in [1.165, 1.54) is 0 Å². The second-order valence-electron chi connectivity index (χ2n) is 7.76. The molecule has 0 aromatic heterocycles. The van der Waals surface area contributed by atoms with Crippen LogP contribution in [0.25, 0.3) is 21.5 Å². The highest BCUT2D eigenvalue weighted by Crippen LogP contribution is 2.17. The van der Waals surface area contributed by atoms with Gasteiger partial charge in [-0.15, -0.1) is 12.4 Å². The number of rotatable bonds is 4. The first-order valence-electron chi connectivity index (χ1n) is 11.8. The first-order valence-corrected chi connectivity index (χ1v) is 12.2. The van der Waals surface area contributed by atoms with E-state index in [1.807, 2.05) is 80.6 Å². The fourth-order valence-corrected chi connectivity index (χ4v) is 3.42. The van der Waals surface area contributed by atoms with E-state index in [0.717, 1.165) is 21.5 Å². The number of aliphatic imine (C=N–C) groups is 1. The number of fused-ring (bicyclic) bond motifs is 2. The van der Waals surface area contributed by atoms with Crippen molar-refractivity contribution >= 4 is 68.5 Å². The molecule has 0 fully saturated rings. The molecule has 0 heterocycles. The lowest BCUT2D eigenvalue weighted by atomic mass is 10.1. The molecule has 1 N–H and O–H groups in total. The fraction of sp³-hybridized carbons (Fsp3) is 0.200. The SMILES string of the molecule is CCOC(C)=N.CCOC(C)=NC(=O)c1ccc2ccccc2c1.Cl.O=C(Cl)c1ccc2ccccc2c1. The van der Waals surface area contributed by atoms with Crippen LogP contribution in [0.4, 0.5) is 0 Å². The van der Waals surface area contributed by atoms with E-state index in [-0.39, 0.29) is 24.2 Å². The van der Waals surface area contributed by atoms with E-state index >= 15 is 0 Å². The Labute approximate surface area is 234 Å². The lowest BCUT2D eigenvalue weighted by molar-refractivity contribution is 0.0998. The largest absolute Gasteiger partial charge is 0.482 e. The van der Waals surface area contributed by atoms with Crippen molar-refractivity contribution in [3.63, 3.8) is 0 Å². The van der Waals surface area contributed by atoms with E-state index in [4.69, 9.17) is 21.7 Å². The number of amides is 1. The summed E-state index contributed by atoms with van der Waals surface area (Å²) < 4.78 is 9.78. The highest BCUT2D eigenvalue weighted by Gasteiger charge is 2.06. The van der Waals surface area contributed by atoms with Crippen molar-refractivity contribution in [1.82, 2.24) is 0 Å². The van der Waals surface area contributed by atoms with E-state index in [2.05, 4.69) is 9.73 Å². The Morgan fingerprint density at radius 2 is 1.18 bits per heavy atom. The average Bonchev–Trinajstić information content (AvgIpc) is 2.89. The summed E-state index contributed by atoms with van der Waals surface area (Å²) in [6.07, 6.45) is 0. The van der Waals surface area contributed by atoms with Crippen molar-refractivity contribution in [2.75, 3.05) is 13.2 Å². The zero-order chi connectivity index (χ0) is 27.2. The average molecular weight is 556 g/mol.